The van der Waals surface area contributed by atoms with Crippen molar-refractivity contribution in [3.63, 3.8) is 0 Å². The summed E-state index contributed by atoms with van der Waals surface area (Å²) >= 11 is 0. The van der Waals surface area contributed by atoms with Crippen LogP contribution in [-0.4, -0.2) is 0 Å². The van der Waals surface area contributed by atoms with Crippen LogP contribution in [0.25, 0.3) is 0 Å². The Bertz CT molecular complexity index is 80.0. The first-order chi connectivity index (χ1) is 5.50. The van der Waals surface area contributed by atoms with Crippen molar-refractivity contribution in [1.82, 2.24) is 0 Å². The van der Waals surface area contributed by atoms with Crippen LogP contribution in [0, 0.1) is 11.3 Å². The zero-order valence-corrected chi connectivity index (χ0v) is 10.2. The molecule has 0 fully saturated rings. The molecule has 12 heavy (non-hydrogen) atoms. The van der Waals surface area contributed by atoms with Crippen LogP contribution in [0.3, 0.4) is 0 Å². The average Bonchev–Trinajstić information content (AvgIpc) is 2.04. The quantitative estimate of drug-likeness (QED) is 0.566. The van der Waals surface area contributed by atoms with Crippen molar-refractivity contribution in [1.29, 1.82) is 0 Å². The summed E-state index contributed by atoms with van der Waals surface area (Å²) < 4.78 is 0. The molecule has 0 atom stereocenters. The monoisotopic (exact) mass is 172 g/mol. The molecule has 0 saturated carbocycles. The molecule has 0 heterocycles. The summed E-state index contributed by atoms with van der Waals surface area (Å²) in [5, 5.41) is 0. The molecule has 0 spiro atoms. The third-order valence-electron chi connectivity index (χ3n) is 2.74. The highest BCUT2D eigenvalue weighted by atomic mass is 14.3. The van der Waals surface area contributed by atoms with Gasteiger partial charge < -0.3 is 0 Å². The lowest BCUT2D eigenvalue weighted by Crippen LogP contribution is -2.18. The minimum Gasteiger partial charge on any atom is -0.0683 e. The van der Waals surface area contributed by atoms with Crippen LogP contribution in [0.4, 0.5) is 0 Å². The van der Waals surface area contributed by atoms with Gasteiger partial charge in [-0.1, -0.05) is 61.3 Å². The van der Waals surface area contributed by atoms with Gasteiger partial charge in [-0.15, -0.1) is 0 Å². The summed E-state index contributed by atoms with van der Waals surface area (Å²) in [4.78, 5) is 0. The molecule has 0 rings (SSSR count). The second-order valence-corrected chi connectivity index (χ2v) is 4.25. The molecule has 0 aromatic heterocycles. The van der Waals surface area contributed by atoms with Crippen molar-refractivity contribution in [2.75, 3.05) is 0 Å². The summed E-state index contributed by atoms with van der Waals surface area (Å²) in [7, 11) is 0. The van der Waals surface area contributed by atoms with E-state index in [0.29, 0.717) is 5.41 Å². The molecule has 0 N–H and O–H groups in total. The zero-order chi connectivity index (χ0) is 10.2. The van der Waals surface area contributed by atoms with E-state index in [4.69, 9.17) is 0 Å². The number of hydrogen-bond donors (Lipinski definition) is 0. The molecule has 0 radical (unpaired) electrons. The van der Waals surface area contributed by atoms with Gasteiger partial charge in [0.05, 0.1) is 0 Å². The van der Waals surface area contributed by atoms with Crippen molar-refractivity contribution in [2.24, 2.45) is 11.3 Å². The van der Waals surface area contributed by atoms with Crippen molar-refractivity contribution >= 4 is 0 Å². The van der Waals surface area contributed by atoms with Crippen molar-refractivity contribution in [2.45, 2.75) is 67.7 Å². The Morgan fingerprint density at radius 3 is 1.75 bits per heavy atom. The second kappa shape index (κ2) is 7.64. The van der Waals surface area contributed by atoms with Crippen LogP contribution in [0.2, 0.25) is 0 Å². The predicted octanol–water partition coefficient (Wildman–Crippen LogP) is 4.89. The smallest absolute Gasteiger partial charge is 0.0331 e. The molecule has 0 saturated heterocycles. The Morgan fingerprint density at radius 2 is 1.50 bits per heavy atom. The van der Waals surface area contributed by atoms with Gasteiger partial charge >= 0.3 is 0 Å². The summed E-state index contributed by atoms with van der Waals surface area (Å²) in [5.74, 6) is 0.819. The van der Waals surface area contributed by atoms with Crippen LogP contribution >= 0.6 is 0 Å². The van der Waals surface area contributed by atoms with Crippen molar-refractivity contribution in [3.8, 4) is 0 Å². The van der Waals surface area contributed by atoms with Gasteiger partial charge in [-0.25, -0.2) is 0 Å². The van der Waals surface area contributed by atoms with Crippen LogP contribution in [0.5, 0.6) is 0 Å². The van der Waals surface area contributed by atoms with Gasteiger partial charge in [0, 0.05) is 0 Å². The molecule has 0 unspecified atom stereocenters. The van der Waals surface area contributed by atoms with Gasteiger partial charge in [-0.3, -0.25) is 0 Å². The molecule has 0 heteroatoms. The summed E-state index contributed by atoms with van der Waals surface area (Å²) in [6.07, 6.45) is 4.09. The molecule has 0 aliphatic carbocycles. The van der Waals surface area contributed by atoms with E-state index < -0.39 is 0 Å². The predicted molar refractivity (Wildman–Crippen MR) is 59.5 cm³/mol. The van der Waals surface area contributed by atoms with Gasteiger partial charge in [-0.2, -0.15) is 0 Å². The van der Waals surface area contributed by atoms with Crippen LogP contribution in [0.1, 0.15) is 67.7 Å². The molecular weight excluding hydrogens is 144 g/mol. The molecule has 0 nitrogen and oxygen atoms in total. The second-order valence-electron chi connectivity index (χ2n) is 4.25. The van der Waals surface area contributed by atoms with Crippen LogP contribution < -0.4 is 0 Å². The van der Waals surface area contributed by atoms with Gasteiger partial charge in [0.15, 0.2) is 0 Å². The highest BCUT2D eigenvalue weighted by Gasteiger charge is 2.20. The van der Waals surface area contributed by atoms with Crippen molar-refractivity contribution in [3.05, 3.63) is 0 Å². The van der Waals surface area contributed by atoms with Crippen molar-refractivity contribution < 1.29 is 0 Å². The Labute approximate surface area is 79.8 Å². The summed E-state index contributed by atoms with van der Waals surface area (Å²) in [6, 6.07) is 0. The molecular formula is C12H28. The third-order valence-corrected chi connectivity index (χ3v) is 2.74. The van der Waals surface area contributed by atoms with Gasteiger partial charge in [0.2, 0.25) is 0 Å². The molecule has 0 aliphatic rings. The van der Waals surface area contributed by atoms with E-state index in [1.165, 1.54) is 19.3 Å². The maximum absolute atomic E-state index is 2.37. The lowest BCUT2D eigenvalue weighted by Gasteiger charge is -2.28. The minimum atomic E-state index is 0.552. The van der Waals surface area contributed by atoms with Gasteiger partial charge in [0.1, 0.15) is 0 Å². The maximum Gasteiger partial charge on any atom is -0.0331 e. The van der Waals surface area contributed by atoms with E-state index in [1.807, 2.05) is 13.8 Å². The topological polar surface area (TPSA) is 0 Å². The van der Waals surface area contributed by atoms with Gasteiger partial charge in [0.25, 0.3) is 0 Å². The SMILES string of the molecule is CC.CCCCC(C)(C)C(C)C. The summed E-state index contributed by atoms with van der Waals surface area (Å²) in [6.45, 7) is 15.6. The molecule has 0 aliphatic heterocycles. The van der Waals surface area contributed by atoms with Crippen LogP contribution in [0.15, 0.2) is 0 Å². The fourth-order valence-corrected chi connectivity index (χ4v) is 0.921. The minimum absolute atomic E-state index is 0.552. The fraction of sp³-hybridized carbons (Fsp3) is 1.00. The third kappa shape index (κ3) is 6.69. The first kappa shape index (κ1) is 14.5. The molecule has 0 aromatic rings. The number of hydrogen-bond acceptors (Lipinski definition) is 0. The average molecular weight is 172 g/mol. The normalized spacial score (nSPS) is 11.0. The molecule has 0 aromatic carbocycles. The van der Waals surface area contributed by atoms with E-state index in [2.05, 4.69) is 34.6 Å². The number of unbranched alkanes of at least 4 members (excludes halogenated alkanes) is 1. The zero-order valence-electron chi connectivity index (χ0n) is 10.2. The molecule has 76 valence electrons. The van der Waals surface area contributed by atoms with E-state index >= 15 is 0 Å². The first-order valence-electron chi connectivity index (χ1n) is 5.50. The standard InChI is InChI=1S/C10H22.C2H6/c1-6-7-8-10(4,5)9(2)3;1-2/h9H,6-8H2,1-5H3;1-2H3. The van der Waals surface area contributed by atoms with Gasteiger partial charge in [-0.05, 0) is 17.8 Å². The first-order valence-corrected chi connectivity index (χ1v) is 5.50. The largest absolute Gasteiger partial charge is 0.0683 e. The Hall–Kier alpha value is 0. The highest BCUT2D eigenvalue weighted by Crippen LogP contribution is 2.31. The lowest BCUT2D eigenvalue weighted by atomic mass is 9.77. The maximum atomic E-state index is 2.37. The summed E-state index contributed by atoms with van der Waals surface area (Å²) in [5.41, 5.74) is 0.552. The van der Waals surface area contributed by atoms with E-state index in [-0.39, 0.29) is 0 Å². The molecule has 0 amide bonds. The van der Waals surface area contributed by atoms with E-state index in [1.54, 1.807) is 0 Å². The Morgan fingerprint density at radius 1 is 1.08 bits per heavy atom. The lowest BCUT2D eigenvalue weighted by molar-refractivity contribution is 0.223. The Balaban J connectivity index is 0. The Kier molecular flexibility index (Phi) is 9.24. The van der Waals surface area contributed by atoms with E-state index in [9.17, 15) is 0 Å². The van der Waals surface area contributed by atoms with Crippen LogP contribution in [-0.2, 0) is 0 Å². The molecule has 0 bridgehead atoms. The highest BCUT2D eigenvalue weighted by molar-refractivity contribution is 4.71. The number of rotatable bonds is 4. The van der Waals surface area contributed by atoms with E-state index in [0.717, 1.165) is 5.92 Å². The fourth-order valence-electron chi connectivity index (χ4n) is 0.921.